The van der Waals surface area contributed by atoms with Crippen molar-refractivity contribution < 1.29 is 14.3 Å². The lowest BCUT2D eigenvalue weighted by Gasteiger charge is -2.42. The first-order valence-electron chi connectivity index (χ1n) is 16.7. The van der Waals surface area contributed by atoms with Crippen LogP contribution in [0.1, 0.15) is 162 Å². The van der Waals surface area contributed by atoms with Gasteiger partial charge in [0.1, 0.15) is 11.2 Å². The van der Waals surface area contributed by atoms with Gasteiger partial charge in [-0.1, -0.05) is 90.9 Å². The van der Waals surface area contributed by atoms with Crippen molar-refractivity contribution >= 4 is 11.8 Å². The molecule has 0 radical (unpaired) electrons. The van der Waals surface area contributed by atoms with E-state index in [1.807, 2.05) is 6.92 Å². The highest BCUT2D eigenvalue weighted by atomic mass is 16.5. The number of ketones is 1. The van der Waals surface area contributed by atoms with Crippen LogP contribution in [0.4, 0.5) is 0 Å². The van der Waals surface area contributed by atoms with Crippen molar-refractivity contribution in [3.63, 3.8) is 0 Å². The number of ether oxygens (including phenoxy) is 1. The van der Waals surface area contributed by atoms with Crippen LogP contribution in [-0.2, 0) is 14.3 Å². The molecule has 0 heterocycles. The van der Waals surface area contributed by atoms with Gasteiger partial charge in [-0.3, -0.25) is 9.59 Å². The highest BCUT2D eigenvalue weighted by Crippen LogP contribution is 2.47. The number of carbonyl (C=O) groups is 2. The fourth-order valence-corrected chi connectivity index (χ4v) is 7.90. The Morgan fingerprint density at radius 3 is 1.78 bits per heavy atom. The van der Waals surface area contributed by atoms with Crippen molar-refractivity contribution in [3.05, 3.63) is 0 Å². The molecule has 3 rings (SSSR count). The third kappa shape index (κ3) is 9.38. The molecule has 0 aromatic heterocycles. The fraction of sp³-hybridized carbons (Fsp3) is 0.941. The lowest BCUT2D eigenvalue weighted by atomic mass is 9.62. The van der Waals surface area contributed by atoms with Crippen LogP contribution in [0.25, 0.3) is 0 Å². The van der Waals surface area contributed by atoms with Crippen LogP contribution in [0.3, 0.4) is 0 Å². The number of rotatable bonds is 15. The van der Waals surface area contributed by atoms with Crippen molar-refractivity contribution in [3.8, 4) is 0 Å². The van der Waals surface area contributed by atoms with Gasteiger partial charge in [0.15, 0.2) is 0 Å². The number of carbonyl (C=O) groups excluding carboxylic acids is 2. The van der Waals surface area contributed by atoms with E-state index in [1.165, 1.54) is 109 Å². The molecule has 0 unspecified atom stereocenters. The molecule has 3 aliphatic carbocycles. The summed E-state index contributed by atoms with van der Waals surface area (Å²) >= 11 is 0. The fourth-order valence-electron chi connectivity index (χ4n) is 7.90. The molecule has 0 amide bonds. The van der Waals surface area contributed by atoms with Crippen molar-refractivity contribution in [2.75, 3.05) is 6.61 Å². The second-order valence-electron chi connectivity index (χ2n) is 13.5. The minimum Gasteiger partial charge on any atom is -0.465 e. The molecule has 0 spiro atoms. The van der Waals surface area contributed by atoms with Crippen molar-refractivity contribution in [1.29, 1.82) is 0 Å². The Kier molecular flexibility index (Phi) is 13.5. The highest BCUT2D eigenvalue weighted by molar-refractivity contribution is 6.04. The topological polar surface area (TPSA) is 43.4 Å². The van der Waals surface area contributed by atoms with Gasteiger partial charge in [0.2, 0.25) is 0 Å². The molecule has 0 aromatic rings. The third-order valence-corrected chi connectivity index (χ3v) is 10.8. The summed E-state index contributed by atoms with van der Waals surface area (Å²) in [6.45, 7) is 6.83. The summed E-state index contributed by atoms with van der Waals surface area (Å²) in [6, 6.07) is 0. The predicted molar refractivity (Wildman–Crippen MR) is 154 cm³/mol. The molecular formula is C34H60O3. The lowest BCUT2D eigenvalue weighted by molar-refractivity contribution is -0.162. The van der Waals surface area contributed by atoms with Gasteiger partial charge in [0.25, 0.3) is 0 Å². The van der Waals surface area contributed by atoms with Gasteiger partial charge in [-0.15, -0.1) is 0 Å². The van der Waals surface area contributed by atoms with E-state index in [9.17, 15) is 9.59 Å². The first-order valence-corrected chi connectivity index (χ1v) is 16.7. The first-order chi connectivity index (χ1) is 18.0. The normalized spacial score (nSPS) is 32.8. The minimum absolute atomic E-state index is 0.148. The quantitative estimate of drug-likeness (QED) is 0.124. The van der Waals surface area contributed by atoms with E-state index in [1.54, 1.807) is 0 Å². The Bertz CT molecular complexity index is 656. The van der Waals surface area contributed by atoms with E-state index in [-0.39, 0.29) is 11.8 Å². The van der Waals surface area contributed by atoms with Gasteiger partial charge in [0, 0.05) is 6.42 Å². The van der Waals surface area contributed by atoms with Crippen LogP contribution < -0.4 is 0 Å². The second kappa shape index (κ2) is 16.3. The Hall–Kier alpha value is -0.860. The lowest BCUT2D eigenvalue weighted by Crippen LogP contribution is -2.44. The highest BCUT2D eigenvalue weighted by Gasteiger charge is 2.47. The van der Waals surface area contributed by atoms with E-state index in [0.717, 1.165) is 37.0 Å². The monoisotopic (exact) mass is 516 g/mol. The molecule has 3 fully saturated rings. The number of Topliss-reactive ketones (excluding diaryl/α,β-unsaturated/α-hetero) is 1. The van der Waals surface area contributed by atoms with Gasteiger partial charge in [0.05, 0.1) is 6.61 Å². The molecule has 3 aliphatic rings. The zero-order valence-electron chi connectivity index (χ0n) is 24.9. The molecule has 3 saturated carbocycles. The average molecular weight is 517 g/mol. The summed E-state index contributed by atoms with van der Waals surface area (Å²) in [6.07, 6.45) is 27.8. The maximum absolute atomic E-state index is 13.2. The number of esters is 1. The first kappa shape index (κ1) is 30.7. The molecule has 0 aliphatic heterocycles. The van der Waals surface area contributed by atoms with Crippen LogP contribution in [0.2, 0.25) is 0 Å². The Morgan fingerprint density at radius 1 is 0.703 bits per heavy atom. The summed E-state index contributed by atoms with van der Waals surface area (Å²) in [5.74, 6) is 3.97. The van der Waals surface area contributed by atoms with Gasteiger partial charge in [-0.25, -0.2) is 0 Å². The Balaban J connectivity index is 1.32. The largest absolute Gasteiger partial charge is 0.465 e. The third-order valence-electron chi connectivity index (χ3n) is 10.8. The number of unbranched alkanes of at least 4 members (excludes halogenated alkanes) is 8. The molecule has 0 N–H and O–H groups in total. The van der Waals surface area contributed by atoms with E-state index in [4.69, 9.17) is 4.74 Å². The number of hydrogen-bond acceptors (Lipinski definition) is 3. The summed E-state index contributed by atoms with van der Waals surface area (Å²) in [5, 5.41) is 0. The van der Waals surface area contributed by atoms with Crippen molar-refractivity contribution in [2.45, 2.75) is 162 Å². The molecule has 37 heavy (non-hydrogen) atoms. The standard InChI is InChI=1S/C34H60O3/c1-4-6-8-10-12-14-27-15-17-28(18-16-27)29-19-21-30(22-20-29)31-23-24-34(3,32(35)26-31)33(36)37-25-13-11-9-7-5-2/h27-31H,4-26H2,1-3H3/t27-,28-,29?,30?,31-,34+/m1/s1. The van der Waals surface area contributed by atoms with Gasteiger partial charge in [-0.05, 0) is 94.3 Å². The van der Waals surface area contributed by atoms with E-state index < -0.39 is 5.41 Å². The molecule has 3 nitrogen and oxygen atoms in total. The van der Waals surface area contributed by atoms with Gasteiger partial charge < -0.3 is 4.74 Å². The maximum Gasteiger partial charge on any atom is 0.319 e. The van der Waals surface area contributed by atoms with Crippen LogP contribution >= 0.6 is 0 Å². The van der Waals surface area contributed by atoms with E-state index in [2.05, 4.69) is 13.8 Å². The molecule has 0 bridgehead atoms. The van der Waals surface area contributed by atoms with Crippen molar-refractivity contribution in [1.82, 2.24) is 0 Å². The summed E-state index contributed by atoms with van der Waals surface area (Å²) in [5.41, 5.74) is -0.897. The molecule has 0 aromatic carbocycles. The second-order valence-corrected chi connectivity index (χ2v) is 13.5. The Morgan fingerprint density at radius 2 is 1.22 bits per heavy atom. The summed E-state index contributed by atoms with van der Waals surface area (Å²) in [7, 11) is 0. The SMILES string of the molecule is CCCCCCCOC(=O)[C@@]1(C)CC[C@@H](C2CCC([C@H]3CC[C@H](CCCCCCC)CC3)CC2)CC1=O. The van der Waals surface area contributed by atoms with Crippen molar-refractivity contribution in [2.24, 2.45) is 35.0 Å². The predicted octanol–water partition coefficient (Wildman–Crippen LogP) is 9.85. The Labute approximate surface area is 229 Å². The average Bonchev–Trinajstić information content (AvgIpc) is 2.92. The van der Waals surface area contributed by atoms with E-state index >= 15 is 0 Å². The summed E-state index contributed by atoms with van der Waals surface area (Å²) < 4.78 is 5.58. The van der Waals surface area contributed by atoms with Crippen LogP contribution in [0.5, 0.6) is 0 Å². The molecule has 2 atom stereocenters. The number of hydrogen-bond donors (Lipinski definition) is 0. The van der Waals surface area contributed by atoms with Crippen LogP contribution in [0, 0.1) is 35.0 Å². The van der Waals surface area contributed by atoms with Crippen LogP contribution in [-0.4, -0.2) is 18.4 Å². The molecule has 0 saturated heterocycles. The molecule has 3 heteroatoms. The van der Waals surface area contributed by atoms with Gasteiger partial charge in [-0.2, -0.15) is 0 Å². The zero-order valence-corrected chi connectivity index (χ0v) is 24.9. The zero-order chi connectivity index (χ0) is 26.5. The maximum atomic E-state index is 13.2. The summed E-state index contributed by atoms with van der Waals surface area (Å²) in [4.78, 5) is 26.0. The smallest absolute Gasteiger partial charge is 0.319 e. The van der Waals surface area contributed by atoms with E-state index in [0.29, 0.717) is 31.3 Å². The molecule has 214 valence electrons. The van der Waals surface area contributed by atoms with Crippen LogP contribution in [0.15, 0.2) is 0 Å². The van der Waals surface area contributed by atoms with Gasteiger partial charge >= 0.3 is 5.97 Å². The molecular weight excluding hydrogens is 456 g/mol. The minimum atomic E-state index is -0.897.